The van der Waals surface area contributed by atoms with E-state index in [9.17, 15) is 70.2 Å². The van der Waals surface area contributed by atoms with Gasteiger partial charge in [0.1, 0.15) is 73.9 Å². The van der Waals surface area contributed by atoms with Crippen molar-refractivity contribution in [3.05, 3.63) is 179 Å². The molecule has 10 N–H and O–H groups in total. The molecule has 0 saturated heterocycles. The van der Waals surface area contributed by atoms with Gasteiger partial charge in [-0.15, -0.1) is 0 Å². The van der Waals surface area contributed by atoms with Crippen molar-refractivity contribution in [2.24, 2.45) is 0 Å². The Morgan fingerprint density at radius 2 is 0.748 bits per heavy atom. The molecule has 1 aliphatic heterocycles. The number of hydrogen-bond donors (Lipinski definition) is 10. The third-order valence-corrected chi connectivity index (χ3v) is 17.9. The van der Waals surface area contributed by atoms with Gasteiger partial charge < -0.3 is 60.5 Å². The molecule has 1 unspecified atom stereocenters. The lowest BCUT2D eigenvalue weighted by Crippen LogP contribution is -2.32. The Hall–Kier alpha value is -8.92. The zero-order valence-electron chi connectivity index (χ0n) is 65.1. The first-order valence-corrected chi connectivity index (χ1v) is 36.9. The Morgan fingerprint density at radius 3 is 1.10 bits per heavy atom. The van der Waals surface area contributed by atoms with Gasteiger partial charge in [0.05, 0.1) is 12.7 Å². The van der Waals surface area contributed by atoms with Crippen LogP contribution < -0.4 is 9.47 Å². The highest BCUT2D eigenvalue weighted by molar-refractivity contribution is 5.96. The number of fused-ring (bicyclic) bond motifs is 1. The molecule has 0 radical (unpaired) electrons. The second-order valence-electron chi connectivity index (χ2n) is 28.3. The standard InChI is InChI=1S/C23H34O4.C22H30O4.C22H32O4.C20H28O4/c1-6-7-8-12-18-15-20(27-5)19(22(24)21(18)23(25)26)14-13-17(4)11-9-10-16(2)3;1-5-6-7-10-16-14-18-17(20(23)19(16)21(24)25)11-13-22(4,26-18)12-8-9-15(2)3;1-5-6-7-11-17-14-19(23)18(21(24)20(17)22(25)26)13-12-16(4)10-8-9-15(2)3;1-5-7-15-12-17(21)16(19(22)18(15)20(23)24)11-10-14(4)9-6-8-13(2)3/h10,13,15,24H,6-9,11-12,14H2,1-5H3,(H,25,26);9,11,13-14,23H,5-8,10,12H2,1-4H3,(H,24,25);9,12,14,23-24H,5-8,10-11,13H2,1-4H3,(H,25,26);8,10,12,21-22H,5-7,9,11H2,1-4H3,(H,23,24)/b17-13+;;16-12+;14-10+. The lowest BCUT2D eigenvalue weighted by molar-refractivity contribution is 0.0680. The molecule has 16 nitrogen and oxygen atoms in total. The summed E-state index contributed by atoms with van der Waals surface area (Å²) in [7, 11) is 1.56. The number of aromatic carboxylic acids is 4. The summed E-state index contributed by atoms with van der Waals surface area (Å²) < 4.78 is 11.7. The van der Waals surface area contributed by atoms with Gasteiger partial charge in [-0.05, 0) is 257 Å². The van der Waals surface area contributed by atoms with Gasteiger partial charge >= 0.3 is 23.9 Å². The molecular formula is C87H124O16. The van der Waals surface area contributed by atoms with Gasteiger partial charge in [0.25, 0.3) is 0 Å². The molecule has 16 heteroatoms. The van der Waals surface area contributed by atoms with Crippen LogP contribution >= 0.6 is 0 Å². The van der Waals surface area contributed by atoms with Crippen LogP contribution in [0.25, 0.3) is 6.08 Å². The lowest BCUT2D eigenvalue weighted by atomic mass is 9.91. The summed E-state index contributed by atoms with van der Waals surface area (Å²) in [5.41, 5.74) is 11.8. The van der Waals surface area contributed by atoms with Crippen LogP contribution in [0.2, 0.25) is 0 Å². The first kappa shape index (κ1) is 90.2. The fourth-order valence-electron chi connectivity index (χ4n) is 11.9. The van der Waals surface area contributed by atoms with Crippen LogP contribution in [0.3, 0.4) is 0 Å². The number of benzene rings is 4. The first-order chi connectivity index (χ1) is 48.6. The Balaban J connectivity index is 0.000000467. The predicted octanol–water partition coefficient (Wildman–Crippen LogP) is 22.5. The van der Waals surface area contributed by atoms with E-state index in [4.69, 9.17) is 9.47 Å². The predicted molar refractivity (Wildman–Crippen MR) is 419 cm³/mol. The molecular weight excluding hydrogens is 1300 g/mol. The zero-order valence-corrected chi connectivity index (χ0v) is 65.1. The van der Waals surface area contributed by atoms with E-state index in [2.05, 4.69) is 107 Å². The molecule has 0 aromatic heterocycles. The fraction of sp³-hybridized carbons (Fsp3) is 0.494. The molecule has 103 heavy (non-hydrogen) atoms. The minimum Gasteiger partial charge on any atom is -0.508 e. The average Bonchev–Trinajstić information content (AvgIpc) is 0.781. The number of rotatable bonds is 37. The van der Waals surface area contributed by atoms with Crippen molar-refractivity contribution in [2.45, 2.75) is 277 Å². The Kier molecular flexibility index (Phi) is 40.8. The topological polar surface area (TPSA) is 289 Å². The molecule has 1 atom stereocenters. The fourth-order valence-corrected chi connectivity index (χ4v) is 11.9. The van der Waals surface area contributed by atoms with Crippen molar-refractivity contribution in [1.29, 1.82) is 0 Å². The molecule has 0 saturated carbocycles. The van der Waals surface area contributed by atoms with Crippen LogP contribution in [0, 0.1) is 0 Å². The summed E-state index contributed by atoms with van der Waals surface area (Å²) in [5.74, 6) is -4.45. The highest BCUT2D eigenvalue weighted by Crippen LogP contribution is 2.43. The number of ether oxygens (including phenoxy) is 2. The van der Waals surface area contributed by atoms with Crippen molar-refractivity contribution in [3.8, 4) is 46.0 Å². The van der Waals surface area contributed by atoms with E-state index >= 15 is 0 Å². The van der Waals surface area contributed by atoms with Crippen LogP contribution in [0.15, 0.2) is 112 Å². The van der Waals surface area contributed by atoms with Crippen LogP contribution in [0.1, 0.15) is 312 Å². The average molecular weight is 1430 g/mol. The molecule has 0 amide bonds. The number of unbranched alkanes of at least 4 members (excludes halogenated alkanes) is 6. The third kappa shape index (κ3) is 30.9. The molecule has 1 aliphatic rings. The van der Waals surface area contributed by atoms with Gasteiger partial charge in [0.15, 0.2) is 0 Å². The summed E-state index contributed by atoms with van der Waals surface area (Å²) in [6, 6.07) is 6.55. The molecule has 568 valence electrons. The van der Waals surface area contributed by atoms with Crippen molar-refractivity contribution in [2.75, 3.05) is 7.11 Å². The second-order valence-corrected chi connectivity index (χ2v) is 28.3. The number of carboxylic acid groups (broad SMARTS) is 4. The molecule has 0 spiro atoms. The summed E-state index contributed by atoms with van der Waals surface area (Å²) >= 11 is 0. The number of phenols is 6. The maximum absolute atomic E-state index is 11.7. The van der Waals surface area contributed by atoms with Gasteiger partial charge in [-0.25, -0.2) is 19.2 Å². The molecule has 1 heterocycles. The minimum atomic E-state index is -1.17. The molecule has 4 aromatic rings. The van der Waals surface area contributed by atoms with E-state index in [1.165, 1.54) is 40.0 Å². The number of carbonyl (C=O) groups is 4. The van der Waals surface area contributed by atoms with Crippen molar-refractivity contribution < 1.29 is 79.7 Å². The van der Waals surface area contributed by atoms with Crippen molar-refractivity contribution in [1.82, 2.24) is 0 Å². The Labute approximate surface area is 615 Å². The molecule has 0 aliphatic carbocycles. The van der Waals surface area contributed by atoms with E-state index in [0.29, 0.717) is 89.8 Å². The molecule has 5 rings (SSSR count). The number of allylic oxidation sites excluding steroid dienone is 14. The van der Waals surface area contributed by atoms with Crippen LogP contribution in [0.4, 0.5) is 0 Å². The van der Waals surface area contributed by atoms with E-state index < -0.39 is 29.5 Å². The smallest absolute Gasteiger partial charge is 0.339 e. The number of phenolic OH excluding ortho intramolecular Hbond substituents is 2. The molecule has 4 aromatic carbocycles. The van der Waals surface area contributed by atoms with E-state index in [1.54, 1.807) is 25.3 Å². The molecule has 0 fully saturated rings. The Morgan fingerprint density at radius 1 is 0.417 bits per heavy atom. The minimum absolute atomic E-state index is 0.00115. The SMILES string of the molecule is CCCCCc1cc(O)c(C/C=C(\C)CCC=C(C)C)c(O)c1C(=O)O.CCCCCc1cc(OC)c(C/C=C(\C)CCC=C(C)C)c(O)c1C(=O)O.CCCCCc1cc2c(c(O)c1C(=O)O)C=CC(C)(CCC=C(C)C)O2.CCCc1cc(O)c(C/C=C(\C)CCC=C(C)C)c(O)c1C(=O)O. The first-order valence-electron chi connectivity index (χ1n) is 36.9. The maximum Gasteiger partial charge on any atom is 0.339 e. The summed E-state index contributed by atoms with van der Waals surface area (Å²) in [6.45, 7) is 32.8. The van der Waals surface area contributed by atoms with Crippen LogP contribution in [-0.4, -0.2) is 87.7 Å². The second kappa shape index (κ2) is 46.6. The number of aryl methyl sites for hydroxylation is 4. The summed E-state index contributed by atoms with van der Waals surface area (Å²) in [5, 5.41) is 101. The monoisotopic (exact) mass is 1420 g/mol. The number of hydrogen-bond acceptors (Lipinski definition) is 12. The van der Waals surface area contributed by atoms with Crippen molar-refractivity contribution in [3.63, 3.8) is 0 Å². The van der Waals surface area contributed by atoms with E-state index in [-0.39, 0.29) is 67.9 Å². The quantitative estimate of drug-likeness (QED) is 0.0148. The van der Waals surface area contributed by atoms with E-state index in [1.807, 2.05) is 52.0 Å². The number of aromatic hydroxyl groups is 6. The van der Waals surface area contributed by atoms with Crippen molar-refractivity contribution >= 4 is 30.0 Å². The molecule has 0 bridgehead atoms. The van der Waals surface area contributed by atoms with Gasteiger partial charge in [0.2, 0.25) is 0 Å². The highest BCUT2D eigenvalue weighted by Gasteiger charge is 2.32. The zero-order chi connectivity index (χ0) is 77.7. The third-order valence-electron chi connectivity index (χ3n) is 17.9. The van der Waals surface area contributed by atoms with E-state index in [0.717, 1.165) is 127 Å². The number of methoxy groups -OCH3 is 1. The summed E-state index contributed by atoms with van der Waals surface area (Å²) in [6.07, 6.45) is 38.5. The normalized spacial score (nSPS) is 13.1. The van der Waals surface area contributed by atoms with Crippen LogP contribution in [0.5, 0.6) is 46.0 Å². The van der Waals surface area contributed by atoms with Gasteiger partial charge in [-0.3, -0.25) is 0 Å². The van der Waals surface area contributed by atoms with Gasteiger partial charge in [-0.2, -0.15) is 0 Å². The number of carboxylic acids is 4. The lowest BCUT2D eigenvalue weighted by Gasteiger charge is -2.32. The Bertz CT molecular complexity index is 3710. The van der Waals surface area contributed by atoms with Gasteiger partial charge in [-0.1, -0.05) is 154 Å². The maximum atomic E-state index is 11.7. The largest absolute Gasteiger partial charge is 0.508 e. The highest BCUT2D eigenvalue weighted by atomic mass is 16.5. The summed E-state index contributed by atoms with van der Waals surface area (Å²) in [4.78, 5) is 46.5. The van der Waals surface area contributed by atoms with Crippen LogP contribution in [-0.2, 0) is 44.9 Å². The van der Waals surface area contributed by atoms with Gasteiger partial charge in [0, 0.05) is 16.7 Å².